The van der Waals surface area contributed by atoms with Crippen molar-refractivity contribution < 1.29 is 0 Å². The van der Waals surface area contributed by atoms with Crippen LogP contribution in [0.5, 0.6) is 0 Å². The van der Waals surface area contributed by atoms with Gasteiger partial charge in [0.15, 0.2) is 17.5 Å². The molecular weight excluding hydrogens is 945 g/mol. The molecule has 11 aromatic carbocycles. The first-order valence-electron chi connectivity index (χ1n) is 25.7. The summed E-state index contributed by atoms with van der Waals surface area (Å²) in [5.74, 6) is 1.95. The van der Waals surface area contributed by atoms with E-state index in [1.54, 1.807) is 11.3 Å². The van der Waals surface area contributed by atoms with Crippen LogP contribution < -0.4 is 0 Å². The summed E-state index contributed by atoms with van der Waals surface area (Å²) in [5, 5.41) is 9.73. The quantitative estimate of drug-likeness (QED) is 0.160. The summed E-state index contributed by atoms with van der Waals surface area (Å²) in [4.78, 5) is 15.3. The van der Waals surface area contributed by atoms with E-state index in [1.807, 2.05) is 36.4 Å². The minimum Gasteiger partial charge on any atom is -0.309 e. The average molecular weight is 987 g/mol. The van der Waals surface area contributed by atoms with Gasteiger partial charge in [0, 0.05) is 75.9 Å². The third kappa shape index (κ3) is 6.49. The van der Waals surface area contributed by atoms with Crippen molar-refractivity contribution in [2.45, 2.75) is 0 Å². The maximum Gasteiger partial charge on any atom is 0.165 e. The number of rotatable bonds is 7. The van der Waals surface area contributed by atoms with Crippen molar-refractivity contribution >= 4 is 96.9 Å². The summed E-state index contributed by atoms with van der Waals surface area (Å²) in [6, 6.07) is 91.7. The molecule has 0 bridgehead atoms. The van der Waals surface area contributed by atoms with Gasteiger partial charge in [0.25, 0.3) is 0 Å². The Balaban J connectivity index is 0.860. The molecule has 0 radical (unpaired) electrons. The molecule has 7 heteroatoms. The Morgan fingerprint density at radius 2 is 0.671 bits per heavy atom. The first-order valence-corrected chi connectivity index (χ1v) is 26.5. The van der Waals surface area contributed by atoms with Gasteiger partial charge in [-0.05, 0) is 96.1 Å². The third-order valence-electron chi connectivity index (χ3n) is 15.3. The highest BCUT2D eigenvalue weighted by Crippen LogP contribution is 2.45. The number of benzene rings is 11. The van der Waals surface area contributed by atoms with E-state index in [9.17, 15) is 0 Å². The van der Waals surface area contributed by atoms with E-state index >= 15 is 0 Å². The minimum atomic E-state index is 0.649. The summed E-state index contributed by atoms with van der Waals surface area (Å²) in [6.07, 6.45) is 0. The van der Waals surface area contributed by atoms with Crippen LogP contribution >= 0.6 is 11.3 Å². The smallest absolute Gasteiger partial charge is 0.165 e. The highest BCUT2D eigenvalue weighted by molar-refractivity contribution is 7.26. The second-order valence-corrected chi connectivity index (χ2v) is 20.6. The van der Waals surface area contributed by atoms with Crippen LogP contribution in [0.25, 0.3) is 148 Å². The Morgan fingerprint density at radius 3 is 1.29 bits per heavy atom. The van der Waals surface area contributed by atoms with Crippen LogP contribution in [0.15, 0.2) is 255 Å². The molecule has 0 saturated heterocycles. The predicted molar refractivity (Wildman–Crippen MR) is 317 cm³/mol. The van der Waals surface area contributed by atoms with Gasteiger partial charge in [-0.3, -0.25) is 0 Å². The summed E-state index contributed by atoms with van der Waals surface area (Å²) in [5.41, 5.74) is 15.7. The lowest BCUT2D eigenvalue weighted by Gasteiger charge is -2.10. The Hall–Kier alpha value is -9.95. The lowest BCUT2D eigenvalue weighted by atomic mass is 10.0. The van der Waals surface area contributed by atoms with Crippen molar-refractivity contribution in [3.63, 3.8) is 0 Å². The van der Waals surface area contributed by atoms with Gasteiger partial charge >= 0.3 is 0 Å². The van der Waals surface area contributed by atoms with Crippen LogP contribution in [0.4, 0.5) is 0 Å². The van der Waals surface area contributed by atoms with E-state index in [0.717, 1.165) is 49.5 Å². The third-order valence-corrected chi connectivity index (χ3v) is 16.6. The van der Waals surface area contributed by atoms with Crippen LogP contribution in [0.2, 0.25) is 0 Å². The maximum atomic E-state index is 5.16. The highest BCUT2D eigenvalue weighted by Gasteiger charge is 2.22. The van der Waals surface area contributed by atoms with Crippen LogP contribution in [-0.4, -0.2) is 28.7 Å². The van der Waals surface area contributed by atoms with Crippen molar-refractivity contribution in [2.24, 2.45) is 0 Å². The lowest BCUT2D eigenvalue weighted by molar-refractivity contribution is 1.08. The maximum absolute atomic E-state index is 5.16. The largest absolute Gasteiger partial charge is 0.309 e. The zero-order valence-corrected chi connectivity index (χ0v) is 41.7. The molecule has 5 heterocycles. The molecule has 16 rings (SSSR count). The summed E-state index contributed by atoms with van der Waals surface area (Å²) in [7, 11) is 0. The first kappa shape index (κ1) is 42.5. The molecule has 0 aliphatic heterocycles. The van der Waals surface area contributed by atoms with Crippen LogP contribution in [0.1, 0.15) is 0 Å². The normalized spacial score (nSPS) is 11.9. The van der Waals surface area contributed by atoms with Crippen LogP contribution in [0, 0.1) is 0 Å². The SMILES string of the molecule is c1ccc(-c2nc(-c3ccccc3)nc(-c3cccc4c3sc3c(-n5c6ccccc6c6cc(-c7ccc8c(c7)c7cc(-n9c%10ccccc%10c%10ccccc%109)ccc7n8-c7ccccc7)ccc65)cccc34)n2)cc1. The van der Waals surface area contributed by atoms with E-state index in [-0.39, 0.29) is 0 Å². The predicted octanol–water partition coefficient (Wildman–Crippen LogP) is 18.2. The number of aromatic nitrogens is 6. The number of thiophene rings is 1. The van der Waals surface area contributed by atoms with Gasteiger partial charge < -0.3 is 13.7 Å². The van der Waals surface area contributed by atoms with Crippen molar-refractivity contribution in [2.75, 3.05) is 0 Å². The monoisotopic (exact) mass is 986 g/mol. The zero-order chi connectivity index (χ0) is 49.8. The average Bonchev–Trinajstić information content (AvgIpc) is 4.32. The topological polar surface area (TPSA) is 53.5 Å². The van der Waals surface area contributed by atoms with Crippen molar-refractivity contribution in [1.29, 1.82) is 0 Å². The van der Waals surface area contributed by atoms with Crippen molar-refractivity contribution in [3.8, 4) is 62.4 Å². The Bertz CT molecular complexity index is 4880. The number of para-hydroxylation sites is 4. The Morgan fingerprint density at radius 1 is 0.250 bits per heavy atom. The van der Waals surface area contributed by atoms with E-state index in [1.165, 1.54) is 81.0 Å². The number of nitrogens with zero attached hydrogens (tertiary/aromatic N) is 6. The highest BCUT2D eigenvalue weighted by atomic mass is 32.1. The van der Waals surface area contributed by atoms with Crippen molar-refractivity contribution in [1.82, 2.24) is 28.7 Å². The molecule has 16 aromatic rings. The Labute approximate surface area is 440 Å². The summed E-state index contributed by atoms with van der Waals surface area (Å²) in [6.45, 7) is 0. The Kier molecular flexibility index (Phi) is 9.40. The van der Waals surface area contributed by atoms with E-state index < -0.39 is 0 Å². The molecule has 6 nitrogen and oxygen atoms in total. The molecule has 354 valence electrons. The molecule has 0 atom stereocenters. The van der Waals surface area contributed by atoms with Gasteiger partial charge in [-0.15, -0.1) is 11.3 Å². The van der Waals surface area contributed by atoms with Crippen LogP contribution in [-0.2, 0) is 0 Å². The molecule has 0 unspecified atom stereocenters. The fraction of sp³-hybridized carbons (Fsp3) is 0. The van der Waals surface area contributed by atoms with E-state index in [4.69, 9.17) is 15.0 Å². The lowest BCUT2D eigenvalue weighted by Crippen LogP contribution is -2.00. The van der Waals surface area contributed by atoms with Gasteiger partial charge in [0.1, 0.15) is 0 Å². The summed E-state index contributed by atoms with van der Waals surface area (Å²) >= 11 is 1.81. The molecule has 0 fully saturated rings. The molecule has 0 aliphatic rings. The first-order chi connectivity index (χ1) is 37.7. The molecule has 0 N–H and O–H groups in total. The molecule has 5 aromatic heterocycles. The second-order valence-electron chi connectivity index (χ2n) is 19.5. The zero-order valence-electron chi connectivity index (χ0n) is 40.8. The minimum absolute atomic E-state index is 0.649. The second kappa shape index (κ2) is 16.8. The fourth-order valence-corrected chi connectivity index (χ4v) is 13.2. The van der Waals surface area contributed by atoms with E-state index in [2.05, 4.69) is 232 Å². The molecule has 0 amide bonds. The van der Waals surface area contributed by atoms with Gasteiger partial charge in [-0.2, -0.15) is 0 Å². The molecular formula is C69H42N6S. The fourth-order valence-electron chi connectivity index (χ4n) is 11.9. The standard InChI is InChI=1S/C69H42N6S/c1-4-18-43(19-5-1)67-70-68(44-20-6-2-7-21-44)72-69(71-67)54-29-16-27-52-53-28-17-33-64(66(53)76-65(52)54)75-60-32-15-12-26-51(60)55-40-45(35-38-63(55)75)46-34-37-61-56(41-46)57-42-48(36-39-62(57)73(61)47-22-8-3-9-23-47)74-58-30-13-10-24-49(58)50-25-11-14-31-59(50)74/h1-42H. The van der Waals surface area contributed by atoms with Crippen LogP contribution in [0.3, 0.4) is 0 Å². The van der Waals surface area contributed by atoms with Gasteiger partial charge in [0.2, 0.25) is 0 Å². The van der Waals surface area contributed by atoms with Gasteiger partial charge in [0.05, 0.1) is 43.5 Å². The number of fused-ring (bicyclic) bond motifs is 12. The van der Waals surface area contributed by atoms with Crippen molar-refractivity contribution in [3.05, 3.63) is 255 Å². The van der Waals surface area contributed by atoms with Gasteiger partial charge in [-0.1, -0.05) is 170 Å². The van der Waals surface area contributed by atoms with E-state index in [0.29, 0.717) is 17.5 Å². The number of hydrogen-bond acceptors (Lipinski definition) is 4. The molecule has 0 aliphatic carbocycles. The number of hydrogen-bond donors (Lipinski definition) is 0. The van der Waals surface area contributed by atoms with Gasteiger partial charge in [-0.25, -0.2) is 15.0 Å². The molecule has 76 heavy (non-hydrogen) atoms. The molecule has 0 spiro atoms. The summed E-state index contributed by atoms with van der Waals surface area (Å²) < 4.78 is 9.64. The molecule has 0 saturated carbocycles.